The second-order valence-electron chi connectivity index (χ2n) is 5.63. The Morgan fingerprint density at radius 3 is 2.64 bits per heavy atom. The average molecular weight is 304 g/mol. The standard InChI is InChI=1S/C17H24N2O3/c1-4-5-12-18(2)17(21)15-10-11-16(20)19(15)13-6-8-14(22-3)9-7-13/h6-9,15H,4-5,10-12H2,1-3H3. The van der Waals surface area contributed by atoms with Crippen LogP contribution in [0.25, 0.3) is 0 Å². The lowest BCUT2D eigenvalue weighted by Crippen LogP contribution is -2.45. The second-order valence-corrected chi connectivity index (χ2v) is 5.63. The van der Waals surface area contributed by atoms with Crippen LogP contribution in [0.5, 0.6) is 5.75 Å². The van der Waals surface area contributed by atoms with Gasteiger partial charge in [0.15, 0.2) is 0 Å². The molecule has 1 aliphatic rings. The fourth-order valence-electron chi connectivity index (χ4n) is 2.74. The summed E-state index contributed by atoms with van der Waals surface area (Å²) in [6, 6.07) is 6.89. The van der Waals surface area contributed by atoms with Gasteiger partial charge in [-0.05, 0) is 37.1 Å². The van der Waals surface area contributed by atoms with E-state index in [0.29, 0.717) is 12.8 Å². The van der Waals surface area contributed by atoms with Crippen LogP contribution in [0.2, 0.25) is 0 Å². The largest absolute Gasteiger partial charge is 0.497 e. The van der Waals surface area contributed by atoms with E-state index >= 15 is 0 Å². The molecule has 120 valence electrons. The van der Waals surface area contributed by atoms with E-state index in [2.05, 4.69) is 6.92 Å². The molecule has 1 fully saturated rings. The summed E-state index contributed by atoms with van der Waals surface area (Å²) in [4.78, 5) is 28.2. The number of anilines is 1. The van der Waals surface area contributed by atoms with Crippen molar-refractivity contribution in [1.29, 1.82) is 0 Å². The first-order valence-electron chi connectivity index (χ1n) is 7.79. The molecule has 2 amide bonds. The smallest absolute Gasteiger partial charge is 0.245 e. The monoisotopic (exact) mass is 304 g/mol. The third-order valence-corrected chi connectivity index (χ3v) is 4.07. The van der Waals surface area contributed by atoms with Gasteiger partial charge in [0, 0.05) is 25.7 Å². The molecule has 0 aliphatic carbocycles. The van der Waals surface area contributed by atoms with Gasteiger partial charge in [0.05, 0.1) is 7.11 Å². The van der Waals surface area contributed by atoms with E-state index in [-0.39, 0.29) is 17.9 Å². The van der Waals surface area contributed by atoms with Crippen molar-refractivity contribution in [2.45, 2.75) is 38.6 Å². The van der Waals surface area contributed by atoms with Gasteiger partial charge in [0.2, 0.25) is 11.8 Å². The summed E-state index contributed by atoms with van der Waals surface area (Å²) < 4.78 is 5.14. The molecular weight excluding hydrogens is 280 g/mol. The van der Waals surface area contributed by atoms with Gasteiger partial charge in [0.25, 0.3) is 0 Å². The minimum atomic E-state index is -0.386. The van der Waals surface area contributed by atoms with Crippen LogP contribution in [-0.2, 0) is 9.59 Å². The summed E-state index contributed by atoms with van der Waals surface area (Å²) in [5.74, 6) is 0.765. The number of benzene rings is 1. The van der Waals surface area contributed by atoms with E-state index < -0.39 is 0 Å². The van der Waals surface area contributed by atoms with Gasteiger partial charge in [-0.2, -0.15) is 0 Å². The summed E-state index contributed by atoms with van der Waals surface area (Å²) in [6.45, 7) is 2.83. The van der Waals surface area contributed by atoms with E-state index in [1.165, 1.54) is 0 Å². The Bertz CT molecular complexity index is 527. The minimum Gasteiger partial charge on any atom is -0.497 e. The lowest BCUT2D eigenvalue weighted by atomic mass is 10.1. The maximum atomic E-state index is 12.6. The number of hydrogen-bond acceptors (Lipinski definition) is 3. The molecule has 1 aromatic rings. The Balaban J connectivity index is 2.16. The molecule has 2 rings (SSSR count). The predicted octanol–water partition coefficient (Wildman–Crippen LogP) is 2.45. The first kappa shape index (κ1) is 16.3. The normalized spacial score (nSPS) is 17.7. The Kier molecular flexibility index (Phi) is 5.41. The molecule has 1 unspecified atom stereocenters. The summed E-state index contributed by atoms with van der Waals surface area (Å²) in [7, 11) is 3.41. The van der Waals surface area contributed by atoms with Crippen molar-refractivity contribution in [2.24, 2.45) is 0 Å². The van der Waals surface area contributed by atoms with Crippen molar-refractivity contribution in [3.8, 4) is 5.75 Å². The molecule has 0 radical (unpaired) electrons. The number of nitrogens with zero attached hydrogens (tertiary/aromatic N) is 2. The van der Waals surface area contributed by atoms with Gasteiger partial charge in [-0.1, -0.05) is 13.3 Å². The van der Waals surface area contributed by atoms with Crippen molar-refractivity contribution >= 4 is 17.5 Å². The summed E-state index contributed by atoms with van der Waals surface area (Å²) in [5.41, 5.74) is 0.755. The molecule has 5 nitrogen and oxygen atoms in total. The molecule has 1 aliphatic heterocycles. The highest BCUT2D eigenvalue weighted by atomic mass is 16.5. The zero-order valence-corrected chi connectivity index (χ0v) is 13.5. The SMILES string of the molecule is CCCCN(C)C(=O)C1CCC(=O)N1c1ccc(OC)cc1. The Labute approximate surface area is 131 Å². The van der Waals surface area contributed by atoms with E-state index in [1.54, 1.807) is 16.9 Å². The molecule has 5 heteroatoms. The van der Waals surface area contributed by atoms with Gasteiger partial charge in [-0.3, -0.25) is 14.5 Å². The molecule has 1 saturated heterocycles. The summed E-state index contributed by atoms with van der Waals surface area (Å²) >= 11 is 0. The number of ether oxygens (including phenoxy) is 1. The summed E-state index contributed by atoms with van der Waals surface area (Å²) in [6.07, 6.45) is 3.03. The lowest BCUT2D eigenvalue weighted by molar-refractivity contribution is -0.131. The Hall–Kier alpha value is -2.04. The van der Waals surface area contributed by atoms with Crippen LogP contribution in [0.1, 0.15) is 32.6 Å². The molecule has 1 aromatic carbocycles. The Morgan fingerprint density at radius 2 is 2.05 bits per heavy atom. The molecule has 1 heterocycles. The van der Waals surface area contributed by atoms with Crippen LogP contribution in [-0.4, -0.2) is 43.5 Å². The van der Waals surface area contributed by atoms with Gasteiger partial charge in [-0.25, -0.2) is 0 Å². The highest BCUT2D eigenvalue weighted by Crippen LogP contribution is 2.29. The first-order valence-corrected chi connectivity index (χ1v) is 7.79. The zero-order valence-electron chi connectivity index (χ0n) is 13.5. The van der Waals surface area contributed by atoms with Crippen molar-refractivity contribution in [3.63, 3.8) is 0 Å². The van der Waals surface area contributed by atoms with E-state index in [9.17, 15) is 9.59 Å². The summed E-state index contributed by atoms with van der Waals surface area (Å²) in [5, 5.41) is 0. The maximum Gasteiger partial charge on any atom is 0.245 e. The van der Waals surface area contributed by atoms with Gasteiger partial charge in [0.1, 0.15) is 11.8 Å². The maximum absolute atomic E-state index is 12.6. The lowest BCUT2D eigenvalue weighted by Gasteiger charge is -2.28. The van der Waals surface area contributed by atoms with Gasteiger partial charge < -0.3 is 9.64 Å². The fraction of sp³-hybridized carbons (Fsp3) is 0.529. The molecule has 0 saturated carbocycles. The van der Waals surface area contributed by atoms with Crippen LogP contribution in [0.4, 0.5) is 5.69 Å². The molecule has 0 spiro atoms. The number of rotatable bonds is 6. The number of unbranched alkanes of at least 4 members (excludes halogenated alkanes) is 1. The third kappa shape index (κ3) is 3.40. The van der Waals surface area contributed by atoms with Crippen LogP contribution in [0.15, 0.2) is 24.3 Å². The van der Waals surface area contributed by atoms with Crippen LogP contribution >= 0.6 is 0 Å². The highest BCUT2D eigenvalue weighted by Gasteiger charge is 2.38. The Morgan fingerprint density at radius 1 is 1.36 bits per heavy atom. The minimum absolute atomic E-state index is 0.00686. The topological polar surface area (TPSA) is 49.9 Å². The quantitative estimate of drug-likeness (QED) is 0.811. The highest BCUT2D eigenvalue weighted by molar-refractivity contribution is 6.03. The van der Waals surface area contributed by atoms with Crippen molar-refractivity contribution < 1.29 is 14.3 Å². The van der Waals surface area contributed by atoms with Crippen LogP contribution in [0.3, 0.4) is 0 Å². The number of methoxy groups -OCH3 is 1. The van der Waals surface area contributed by atoms with E-state index in [0.717, 1.165) is 30.8 Å². The predicted molar refractivity (Wildman–Crippen MR) is 86.0 cm³/mol. The van der Waals surface area contributed by atoms with Crippen molar-refractivity contribution in [3.05, 3.63) is 24.3 Å². The third-order valence-electron chi connectivity index (χ3n) is 4.07. The molecule has 22 heavy (non-hydrogen) atoms. The van der Waals surface area contributed by atoms with Crippen LogP contribution in [0, 0.1) is 0 Å². The molecule has 0 aromatic heterocycles. The van der Waals surface area contributed by atoms with Crippen molar-refractivity contribution in [1.82, 2.24) is 4.90 Å². The first-order chi connectivity index (χ1) is 10.6. The second kappa shape index (κ2) is 7.29. The van der Waals surface area contributed by atoms with Crippen LogP contribution < -0.4 is 9.64 Å². The van der Waals surface area contributed by atoms with Crippen molar-refractivity contribution in [2.75, 3.05) is 25.6 Å². The van der Waals surface area contributed by atoms with E-state index in [1.807, 2.05) is 31.3 Å². The molecular formula is C17H24N2O3. The molecule has 0 bridgehead atoms. The van der Waals surface area contributed by atoms with Gasteiger partial charge in [-0.15, -0.1) is 0 Å². The number of carbonyl (C=O) groups excluding carboxylic acids is 2. The molecule has 0 N–H and O–H groups in total. The van der Waals surface area contributed by atoms with E-state index in [4.69, 9.17) is 4.74 Å². The fourth-order valence-corrected chi connectivity index (χ4v) is 2.74. The molecule has 1 atom stereocenters. The zero-order chi connectivity index (χ0) is 16.1. The number of likely N-dealkylation sites (N-methyl/N-ethyl adjacent to an activating group) is 1. The number of carbonyl (C=O) groups is 2. The van der Waals surface area contributed by atoms with Gasteiger partial charge >= 0.3 is 0 Å². The number of amides is 2. The number of hydrogen-bond donors (Lipinski definition) is 0. The average Bonchev–Trinajstić information content (AvgIpc) is 2.93.